The number of halogens is 1. The van der Waals surface area contributed by atoms with Crippen molar-refractivity contribution in [3.05, 3.63) is 54.3 Å². The molecule has 9 nitrogen and oxygen atoms in total. The maximum Gasteiger partial charge on any atom is 0.263 e. The monoisotopic (exact) mass is 366 g/mol. The number of hydrogen-bond acceptors (Lipinski definition) is 6. The van der Waals surface area contributed by atoms with E-state index in [-0.39, 0.29) is 17.0 Å². The first kappa shape index (κ1) is 16.6. The highest BCUT2D eigenvalue weighted by molar-refractivity contribution is 6.12. The van der Waals surface area contributed by atoms with Crippen LogP contribution in [-0.2, 0) is 7.05 Å². The maximum absolute atomic E-state index is 13.3. The number of nitrogens with one attached hydrogen (secondary N) is 1. The van der Waals surface area contributed by atoms with Crippen LogP contribution >= 0.6 is 0 Å². The number of nitrogens with two attached hydrogens (primary N) is 1. The Morgan fingerprint density at radius 2 is 2.11 bits per heavy atom. The van der Waals surface area contributed by atoms with Gasteiger partial charge in [-0.15, -0.1) is 5.10 Å². The summed E-state index contributed by atoms with van der Waals surface area (Å²) in [6, 6.07) is 1.78. The number of anilines is 2. The van der Waals surface area contributed by atoms with Crippen molar-refractivity contribution in [2.24, 2.45) is 7.05 Å². The molecule has 136 valence electrons. The summed E-state index contributed by atoms with van der Waals surface area (Å²) in [6.45, 7) is 1.88. The summed E-state index contributed by atoms with van der Waals surface area (Å²) in [6.07, 6.45) is 6.96. The third kappa shape index (κ3) is 2.76. The Morgan fingerprint density at radius 1 is 1.30 bits per heavy atom. The summed E-state index contributed by atoms with van der Waals surface area (Å²) >= 11 is 0. The summed E-state index contributed by atoms with van der Waals surface area (Å²) in [4.78, 5) is 25.1. The molecule has 0 atom stereocenters. The molecular weight excluding hydrogens is 351 g/mol. The van der Waals surface area contributed by atoms with Crippen molar-refractivity contribution in [3.63, 3.8) is 0 Å². The number of hydrogen-bond donors (Lipinski definition) is 2. The van der Waals surface area contributed by atoms with Gasteiger partial charge in [0.05, 0.1) is 42.0 Å². The minimum Gasteiger partial charge on any atom is -0.381 e. The number of nitrogens with zero attached hydrogens (tertiary/aromatic N) is 6. The summed E-state index contributed by atoms with van der Waals surface area (Å²) in [5.41, 5.74) is 8.97. The minimum absolute atomic E-state index is 0.0484. The Labute approximate surface area is 152 Å². The summed E-state index contributed by atoms with van der Waals surface area (Å²) in [5, 5.41) is 6.73. The lowest BCUT2D eigenvalue weighted by atomic mass is 10.1. The van der Waals surface area contributed by atoms with Crippen LogP contribution in [-0.4, -0.2) is 35.0 Å². The molecule has 27 heavy (non-hydrogen) atoms. The van der Waals surface area contributed by atoms with Crippen LogP contribution in [0.2, 0.25) is 0 Å². The molecular formula is C17H15FN8O. The maximum atomic E-state index is 13.3. The topological polar surface area (TPSA) is 116 Å². The number of aryl methyl sites for hydroxylation is 2. The molecule has 0 saturated carbocycles. The summed E-state index contributed by atoms with van der Waals surface area (Å²) in [5.74, 6) is -1.15. The molecule has 10 heteroatoms. The third-order valence-electron chi connectivity index (χ3n) is 4.14. The number of aromatic nitrogens is 6. The van der Waals surface area contributed by atoms with Crippen LogP contribution in [0.15, 0.2) is 37.2 Å². The number of rotatable bonds is 3. The van der Waals surface area contributed by atoms with E-state index in [2.05, 4.69) is 25.4 Å². The Morgan fingerprint density at radius 3 is 2.85 bits per heavy atom. The van der Waals surface area contributed by atoms with E-state index in [9.17, 15) is 9.18 Å². The van der Waals surface area contributed by atoms with Crippen LogP contribution in [0, 0.1) is 12.7 Å². The van der Waals surface area contributed by atoms with Crippen molar-refractivity contribution in [2.75, 3.05) is 11.1 Å². The fourth-order valence-corrected chi connectivity index (χ4v) is 2.96. The molecule has 3 N–H and O–H groups in total. The second-order valence-corrected chi connectivity index (χ2v) is 5.97. The Hall–Kier alpha value is -3.82. The quantitative estimate of drug-likeness (QED) is 0.571. The lowest BCUT2D eigenvalue weighted by molar-refractivity contribution is 0.102. The molecule has 4 heterocycles. The summed E-state index contributed by atoms with van der Waals surface area (Å²) < 4.78 is 16.3. The first-order chi connectivity index (χ1) is 13.0. The first-order valence-electron chi connectivity index (χ1n) is 7.98. The summed E-state index contributed by atoms with van der Waals surface area (Å²) in [7, 11) is 1.86. The van der Waals surface area contributed by atoms with Gasteiger partial charge in [0.25, 0.3) is 5.91 Å². The van der Waals surface area contributed by atoms with Gasteiger partial charge in [0.1, 0.15) is 5.56 Å². The first-order valence-corrected chi connectivity index (χ1v) is 7.98. The second-order valence-electron chi connectivity index (χ2n) is 5.97. The molecule has 0 fully saturated rings. The number of nitrogen functional groups attached to an aromatic ring is 1. The van der Waals surface area contributed by atoms with Crippen molar-refractivity contribution >= 4 is 23.1 Å². The Balaban J connectivity index is 1.76. The standard InChI is InChI=1S/C17H15FN8O/c1-9-14(25(2)8-22-9)11-3-4-20-6-12(11)23-17(27)13-15(19)24-26-7-10(18)5-21-16(13)26/h3-8H,1-2H3,(H2,19,24)(H,23,27). The highest BCUT2D eigenvalue weighted by Crippen LogP contribution is 2.29. The SMILES string of the molecule is Cc1ncn(C)c1-c1ccncc1NC(=O)c1c(N)nn2cc(F)cnc12. The van der Waals surface area contributed by atoms with Gasteiger partial charge in [-0.3, -0.25) is 9.78 Å². The van der Waals surface area contributed by atoms with E-state index in [0.29, 0.717) is 5.69 Å². The fourth-order valence-electron chi connectivity index (χ4n) is 2.96. The fraction of sp³-hybridized carbons (Fsp3) is 0.118. The zero-order valence-electron chi connectivity index (χ0n) is 14.5. The van der Waals surface area contributed by atoms with Gasteiger partial charge in [-0.05, 0) is 13.0 Å². The molecule has 0 aliphatic heterocycles. The van der Waals surface area contributed by atoms with Gasteiger partial charge in [0, 0.05) is 18.8 Å². The molecule has 4 rings (SSSR count). The van der Waals surface area contributed by atoms with Crippen molar-refractivity contribution in [2.45, 2.75) is 6.92 Å². The van der Waals surface area contributed by atoms with E-state index >= 15 is 0 Å². The van der Waals surface area contributed by atoms with Gasteiger partial charge < -0.3 is 15.6 Å². The highest BCUT2D eigenvalue weighted by atomic mass is 19.1. The smallest absolute Gasteiger partial charge is 0.263 e. The van der Waals surface area contributed by atoms with E-state index in [1.165, 1.54) is 6.20 Å². The lowest BCUT2D eigenvalue weighted by Gasteiger charge is -2.11. The molecule has 0 bridgehead atoms. The van der Waals surface area contributed by atoms with Crippen LogP contribution < -0.4 is 11.1 Å². The third-order valence-corrected chi connectivity index (χ3v) is 4.14. The second kappa shape index (κ2) is 6.16. The van der Waals surface area contributed by atoms with Gasteiger partial charge in [-0.2, -0.15) is 0 Å². The van der Waals surface area contributed by atoms with Crippen LogP contribution in [0.3, 0.4) is 0 Å². The largest absolute Gasteiger partial charge is 0.381 e. The number of carbonyl (C=O) groups is 1. The van der Waals surface area contributed by atoms with E-state index in [4.69, 9.17) is 5.73 Å². The normalized spacial score (nSPS) is 11.1. The van der Waals surface area contributed by atoms with Crippen molar-refractivity contribution in [3.8, 4) is 11.3 Å². The van der Waals surface area contributed by atoms with Gasteiger partial charge in [0.15, 0.2) is 17.3 Å². The van der Waals surface area contributed by atoms with Gasteiger partial charge >= 0.3 is 0 Å². The molecule has 0 aliphatic carbocycles. The molecule has 0 saturated heterocycles. The minimum atomic E-state index is -0.585. The molecule has 0 aromatic carbocycles. The average Bonchev–Trinajstić information content (AvgIpc) is 3.13. The van der Waals surface area contributed by atoms with Crippen LogP contribution in [0.1, 0.15) is 16.1 Å². The number of amides is 1. The number of imidazole rings is 1. The zero-order chi connectivity index (χ0) is 19.1. The highest BCUT2D eigenvalue weighted by Gasteiger charge is 2.21. The predicted octanol–water partition coefficient (Wildman–Crippen LogP) is 1.81. The van der Waals surface area contributed by atoms with Crippen molar-refractivity contribution in [1.82, 2.24) is 29.1 Å². The van der Waals surface area contributed by atoms with E-state index in [1.54, 1.807) is 18.6 Å². The van der Waals surface area contributed by atoms with E-state index in [1.807, 2.05) is 18.5 Å². The number of pyridine rings is 1. The van der Waals surface area contributed by atoms with Crippen molar-refractivity contribution in [1.29, 1.82) is 0 Å². The van der Waals surface area contributed by atoms with Crippen molar-refractivity contribution < 1.29 is 9.18 Å². The van der Waals surface area contributed by atoms with E-state index < -0.39 is 11.7 Å². The average molecular weight is 366 g/mol. The molecule has 0 unspecified atom stereocenters. The predicted molar refractivity (Wildman–Crippen MR) is 96.5 cm³/mol. The van der Waals surface area contributed by atoms with E-state index in [0.717, 1.165) is 33.9 Å². The van der Waals surface area contributed by atoms with Gasteiger partial charge in [-0.25, -0.2) is 18.9 Å². The molecule has 1 amide bonds. The van der Waals surface area contributed by atoms with Crippen LogP contribution in [0.4, 0.5) is 15.9 Å². The number of carbonyl (C=O) groups excluding carboxylic acids is 1. The van der Waals surface area contributed by atoms with Gasteiger partial charge in [-0.1, -0.05) is 0 Å². The Bertz CT molecular complexity index is 1160. The lowest BCUT2D eigenvalue weighted by Crippen LogP contribution is -2.15. The molecule has 4 aromatic rings. The van der Waals surface area contributed by atoms with Crippen LogP contribution in [0.25, 0.3) is 16.9 Å². The zero-order valence-corrected chi connectivity index (χ0v) is 14.5. The molecule has 0 aliphatic rings. The number of fused-ring (bicyclic) bond motifs is 1. The Kier molecular flexibility index (Phi) is 3.80. The van der Waals surface area contributed by atoms with Gasteiger partial charge in [0.2, 0.25) is 0 Å². The molecule has 4 aromatic heterocycles. The molecule has 0 radical (unpaired) electrons. The van der Waals surface area contributed by atoms with Crippen LogP contribution in [0.5, 0.6) is 0 Å². The molecule has 0 spiro atoms.